The Morgan fingerprint density at radius 1 is 1.11 bits per heavy atom. The van der Waals surface area contributed by atoms with Crippen LogP contribution in [0, 0.1) is 11.6 Å². The van der Waals surface area contributed by atoms with Crippen LogP contribution in [0.3, 0.4) is 0 Å². The van der Waals surface area contributed by atoms with Crippen LogP contribution in [0.2, 0.25) is 0 Å². The van der Waals surface area contributed by atoms with Crippen LogP contribution >= 0.6 is 11.3 Å². The minimum absolute atomic E-state index is 0.113. The number of fused-ring (bicyclic) bond motifs is 3. The number of ether oxygens (including phenoxy) is 1. The van der Waals surface area contributed by atoms with Crippen molar-refractivity contribution in [2.75, 3.05) is 49.6 Å². The zero-order valence-electron chi connectivity index (χ0n) is 20.2. The summed E-state index contributed by atoms with van der Waals surface area (Å²) in [6, 6.07) is 9.10. The van der Waals surface area contributed by atoms with Crippen molar-refractivity contribution in [1.82, 2.24) is 24.6 Å². The maximum atomic E-state index is 14.5. The van der Waals surface area contributed by atoms with Crippen molar-refractivity contribution in [3.05, 3.63) is 59.9 Å². The molecule has 0 saturated carbocycles. The van der Waals surface area contributed by atoms with E-state index >= 15 is 0 Å². The Morgan fingerprint density at radius 2 is 1.95 bits per heavy atom. The number of thiophene rings is 1. The summed E-state index contributed by atoms with van der Waals surface area (Å²) < 4.78 is 58.6. The average molecular weight is 559 g/mol. The maximum Gasteiger partial charge on any atom is 0.173 e. The number of halogens is 2. The van der Waals surface area contributed by atoms with Crippen molar-refractivity contribution in [2.45, 2.75) is 6.42 Å². The Kier molecular flexibility index (Phi) is 6.58. The smallest absolute Gasteiger partial charge is 0.173 e. The number of benzene rings is 1. The fourth-order valence-corrected chi connectivity index (χ4v) is 7.04. The van der Waals surface area contributed by atoms with Gasteiger partial charge in [-0.25, -0.2) is 31.8 Å². The largest absolute Gasteiger partial charge is 0.491 e. The van der Waals surface area contributed by atoms with Crippen molar-refractivity contribution < 1.29 is 21.9 Å². The van der Waals surface area contributed by atoms with Gasteiger partial charge in [0.2, 0.25) is 0 Å². The highest BCUT2D eigenvalue weighted by Crippen LogP contribution is 2.43. The number of pyridine rings is 1. The Hall–Kier alpha value is -3.42. The summed E-state index contributed by atoms with van der Waals surface area (Å²) in [6.07, 6.45) is 2.01. The third-order valence-electron chi connectivity index (χ3n) is 6.59. The van der Waals surface area contributed by atoms with Crippen LogP contribution in [-0.4, -0.2) is 77.4 Å². The number of sulfone groups is 1. The van der Waals surface area contributed by atoms with Gasteiger partial charge in [-0.3, -0.25) is 4.90 Å². The first kappa shape index (κ1) is 24.9. The number of anilines is 1. The monoisotopic (exact) mass is 558 g/mol. The number of nitrogens with one attached hydrogen (secondary N) is 1. The first-order valence-corrected chi connectivity index (χ1v) is 14.8. The van der Waals surface area contributed by atoms with Crippen molar-refractivity contribution in [3.8, 4) is 32.7 Å². The first-order chi connectivity index (χ1) is 18.4. The second kappa shape index (κ2) is 10.0. The lowest BCUT2D eigenvalue weighted by Crippen LogP contribution is -2.42. The second-order valence-corrected chi connectivity index (χ2v) is 12.5. The molecule has 2 aliphatic rings. The third-order valence-corrected chi connectivity index (χ3v) is 9.38. The number of nitrogens with zero attached hydrogens (tertiary/aromatic N) is 5. The summed E-state index contributed by atoms with van der Waals surface area (Å²) in [6.45, 7) is 2.92. The molecule has 0 radical (unpaired) electrons. The summed E-state index contributed by atoms with van der Waals surface area (Å²) in [5.41, 5.74) is 1.86. The molecule has 1 fully saturated rings. The van der Waals surface area contributed by atoms with E-state index in [-0.39, 0.29) is 17.2 Å². The zero-order chi connectivity index (χ0) is 26.3. The Labute approximate surface area is 222 Å². The molecule has 9 nitrogen and oxygen atoms in total. The number of rotatable bonds is 6. The molecule has 5 heterocycles. The molecule has 0 aliphatic carbocycles. The molecule has 0 spiro atoms. The molecule has 198 valence electrons. The van der Waals surface area contributed by atoms with Crippen LogP contribution in [0.1, 0.15) is 5.56 Å². The molecule has 0 amide bonds. The Bertz CT molecular complexity index is 1590. The molecule has 13 heteroatoms. The summed E-state index contributed by atoms with van der Waals surface area (Å²) in [5, 5.41) is 7.52. The Morgan fingerprint density at radius 3 is 2.76 bits per heavy atom. The lowest BCUT2D eigenvalue weighted by molar-refractivity contribution is 0.307. The van der Waals surface area contributed by atoms with Gasteiger partial charge in [0.25, 0.3) is 0 Å². The van der Waals surface area contributed by atoms with Gasteiger partial charge in [0.15, 0.2) is 21.5 Å². The van der Waals surface area contributed by atoms with Crippen LogP contribution in [0.25, 0.3) is 27.0 Å². The molecule has 6 rings (SSSR count). The summed E-state index contributed by atoms with van der Waals surface area (Å²) >= 11 is 1.47. The van der Waals surface area contributed by atoms with E-state index in [1.807, 2.05) is 18.2 Å². The maximum absolute atomic E-state index is 14.5. The van der Waals surface area contributed by atoms with E-state index in [0.717, 1.165) is 27.9 Å². The molecule has 1 N–H and O–H groups in total. The van der Waals surface area contributed by atoms with Crippen LogP contribution in [-0.2, 0) is 16.3 Å². The van der Waals surface area contributed by atoms with E-state index in [2.05, 4.69) is 20.3 Å². The van der Waals surface area contributed by atoms with Gasteiger partial charge < -0.3 is 10.1 Å². The van der Waals surface area contributed by atoms with Crippen molar-refractivity contribution in [2.24, 2.45) is 0 Å². The fraction of sp³-hybridized carbons (Fsp3) is 0.320. The van der Waals surface area contributed by atoms with E-state index in [9.17, 15) is 17.2 Å². The minimum Gasteiger partial charge on any atom is -0.491 e. The lowest BCUT2D eigenvalue weighted by atomic mass is 10.1. The first-order valence-electron chi connectivity index (χ1n) is 12.2. The lowest BCUT2D eigenvalue weighted by Gasteiger charge is -2.26. The van der Waals surface area contributed by atoms with Crippen LogP contribution in [0.4, 0.5) is 14.6 Å². The van der Waals surface area contributed by atoms with E-state index in [4.69, 9.17) is 9.72 Å². The fourth-order valence-electron chi connectivity index (χ4n) is 4.57. The van der Waals surface area contributed by atoms with Gasteiger partial charge in [-0.15, -0.1) is 11.3 Å². The van der Waals surface area contributed by atoms with Gasteiger partial charge in [0.05, 0.1) is 27.9 Å². The molecule has 0 atom stereocenters. The predicted octanol–water partition coefficient (Wildman–Crippen LogP) is 3.41. The quantitative estimate of drug-likeness (QED) is 0.384. The van der Waals surface area contributed by atoms with E-state index in [1.54, 1.807) is 0 Å². The van der Waals surface area contributed by atoms with Gasteiger partial charge in [-0.1, -0.05) is 0 Å². The van der Waals surface area contributed by atoms with Crippen molar-refractivity contribution >= 4 is 27.0 Å². The predicted molar refractivity (Wildman–Crippen MR) is 141 cm³/mol. The Balaban J connectivity index is 1.25. The van der Waals surface area contributed by atoms with Crippen molar-refractivity contribution in [3.63, 3.8) is 0 Å². The van der Waals surface area contributed by atoms with Crippen molar-refractivity contribution in [1.29, 1.82) is 0 Å². The summed E-state index contributed by atoms with van der Waals surface area (Å²) in [7, 11) is -2.90. The van der Waals surface area contributed by atoms with Gasteiger partial charge >= 0.3 is 0 Å². The molecule has 0 unspecified atom stereocenters. The van der Waals surface area contributed by atoms with E-state index < -0.39 is 21.5 Å². The number of hydrogen-bond donors (Lipinski definition) is 1. The molecular formula is C25H24F2N6O3S2. The topological polar surface area (TPSA) is 102 Å². The molecule has 38 heavy (non-hydrogen) atoms. The highest BCUT2D eigenvalue weighted by atomic mass is 32.2. The molecule has 1 saturated heterocycles. The van der Waals surface area contributed by atoms with E-state index in [0.29, 0.717) is 55.7 Å². The van der Waals surface area contributed by atoms with Crippen LogP contribution < -0.4 is 10.1 Å². The van der Waals surface area contributed by atoms with Gasteiger partial charge in [-0.05, 0) is 35.9 Å². The molecule has 2 aliphatic heterocycles. The molecule has 0 bridgehead atoms. The molecule has 4 aromatic rings. The SMILES string of the molecule is O=S1(=O)CCN(CCNc2ccc3c(n2)-c2sc(-c4ncnn4-c4ccc(F)cc4F)cc2CCO3)CC1. The standard InChI is InChI=1S/C25H24F2N6O3S2/c26-17-1-2-19(18(27)14-17)33-25(29-15-30-33)21-13-16-5-10-36-20-3-4-22(31-23(20)24(16)37-21)28-6-7-32-8-11-38(34,35)12-9-32/h1-4,13-15H,5-12H2,(H,28,31). The highest BCUT2D eigenvalue weighted by molar-refractivity contribution is 7.91. The van der Waals surface area contributed by atoms with Crippen LogP contribution in [0.5, 0.6) is 5.75 Å². The normalized spacial score (nSPS) is 16.8. The molecule has 1 aromatic carbocycles. The summed E-state index contributed by atoms with van der Waals surface area (Å²) in [4.78, 5) is 13.0. The third kappa shape index (κ3) is 5.00. The number of hydrogen-bond acceptors (Lipinski definition) is 9. The molecule has 3 aromatic heterocycles. The molecular weight excluding hydrogens is 534 g/mol. The number of aromatic nitrogens is 4. The van der Waals surface area contributed by atoms with Gasteiger partial charge in [0.1, 0.15) is 35.1 Å². The average Bonchev–Trinajstić information content (AvgIpc) is 3.50. The minimum atomic E-state index is -2.90. The van der Waals surface area contributed by atoms with Gasteiger partial charge in [0, 0.05) is 38.7 Å². The van der Waals surface area contributed by atoms with Crippen LogP contribution in [0.15, 0.2) is 42.7 Å². The van der Waals surface area contributed by atoms with E-state index in [1.165, 1.54) is 34.5 Å². The summed E-state index contributed by atoms with van der Waals surface area (Å²) in [5.74, 6) is 0.836. The van der Waals surface area contributed by atoms with Gasteiger partial charge in [-0.2, -0.15) is 5.10 Å². The highest BCUT2D eigenvalue weighted by Gasteiger charge is 2.24. The second-order valence-electron chi connectivity index (χ2n) is 9.12. The zero-order valence-corrected chi connectivity index (χ0v) is 21.9.